The van der Waals surface area contributed by atoms with Crippen LogP contribution in [0.5, 0.6) is 11.5 Å². The zero-order chi connectivity index (χ0) is 18.2. The van der Waals surface area contributed by atoms with Gasteiger partial charge >= 0.3 is 0 Å². The largest absolute Gasteiger partial charge is 0.489 e. The van der Waals surface area contributed by atoms with E-state index in [4.69, 9.17) is 9.47 Å². The first-order valence-corrected chi connectivity index (χ1v) is 8.93. The molecular formula is C21H18BrNO3. The van der Waals surface area contributed by atoms with Crippen molar-refractivity contribution in [2.24, 2.45) is 0 Å². The Morgan fingerprint density at radius 1 is 0.846 bits per heavy atom. The topological polar surface area (TPSA) is 47.6 Å². The van der Waals surface area contributed by atoms with Gasteiger partial charge in [-0.05, 0) is 48.0 Å². The highest BCUT2D eigenvalue weighted by molar-refractivity contribution is 9.10. The molecule has 3 rings (SSSR count). The number of hydrogen-bond donors (Lipinski definition) is 1. The highest BCUT2D eigenvalue weighted by Gasteiger charge is 2.05. The summed E-state index contributed by atoms with van der Waals surface area (Å²) in [6.45, 7) is 0.454. The Bertz CT molecular complexity index is 851. The lowest BCUT2D eigenvalue weighted by atomic mass is 10.2. The third-order valence-corrected chi connectivity index (χ3v) is 4.05. The molecule has 0 fully saturated rings. The van der Waals surface area contributed by atoms with Crippen LogP contribution in [0.25, 0.3) is 0 Å². The van der Waals surface area contributed by atoms with Crippen molar-refractivity contribution in [1.82, 2.24) is 0 Å². The van der Waals surface area contributed by atoms with E-state index in [2.05, 4.69) is 21.2 Å². The number of rotatable bonds is 7. The van der Waals surface area contributed by atoms with E-state index in [1.165, 1.54) is 0 Å². The van der Waals surface area contributed by atoms with Crippen molar-refractivity contribution in [3.05, 3.63) is 88.9 Å². The van der Waals surface area contributed by atoms with E-state index in [1.54, 1.807) is 18.2 Å². The van der Waals surface area contributed by atoms with Gasteiger partial charge < -0.3 is 14.8 Å². The summed E-state index contributed by atoms with van der Waals surface area (Å²) < 4.78 is 12.1. The van der Waals surface area contributed by atoms with Gasteiger partial charge in [-0.1, -0.05) is 52.3 Å². The van der Waals surface area contributed by atoms with Crippen molar-refractivity contribution in [2.45, 2.75) is 6.61 Å². The Balaban J connectivity index is 1.46. The minimum Gasteiger partial charge on any atom is -0.489 e. The van der Waals surface area contributed by atoms with E-state index in [1.807, 2.05) is 60.7 Å². The summed E-state index contributed by atoms with van der Waals surface area (Å²) in [5.74, 6) is 1.17. The lowest BCUT2D eigenvalue weighted by Gasteiger charge is -2.09. The van der Waals surface area contributed by atoms with Crippen molar-refractivity contribution in [3.8, 4) is 11.5 Å². The molecule has 0 spiro atoms. The predicted molar refractivity (Wildman–Crippen MR) is 105 cm³/mol. The molecule has 0 saturated carbocycles. The lowest BCUT2D eigenvalue weighted by molar-refractivity contribution is -0.118. The van der Waals surface area contributed by atoms with Gasteiger partial charge in [0.2, 0.25) is 0 Å². The first-order chi connectivity index (χ1) is 12.7. The molecule has 0 atom stereocenters. The number of halogens is 1. The van der Waals surface area contributed by atoms with Crippen LogP contribution >= 0.6 is 15.9 Å². The van der Waals surface area contributed by atoms with Crippen LogP contribution in [-0.4, -0.2) is 12.5 Å². The minimum atomic E-state index is -0.220. The minimum absolute atomic E-state index is 0.0529. The molecule has 0 saturated heterocycles. The van der Waals surface area contributed by atoms with Gasteiger partial charge in [0.25, 0.3) is 5.91 Å². The second kappa shape index (κ2) is 9.06. The normalized spacial score (nSPS) is 10.2. The Hall–Kier alpha value is -2.79. The van der Waals surface area contributed by atoms with Gasteiger partial charge in [0.1, 0.15) is 18.1 Å². The van der Waals surface area contributed by atoms with Gasteiger partial charge in [-0.3, -0.25) is 4.79 Å². The van der Waals surface area contributed by atoms with Gasteiger partial charge in [0, 0.05) is 10.2 Å². The maximum atomic E-state index is 12.0. The van der Waals surface area contributed by atoms with Gasteiger partial charge in [-0.2, -0.15) is 0 Å². The number of carbonyl (C=O) groups is 1. The van der Waals surface area contributed by atoms with Crippen LogP contribution < -0.4 is 14.8 Å². The first-order valence-electron chi connectivity index (χ1n) is 8.14. The number of anilines is 1. The lowest BCUT2D eigenvalue weighted by Crippen LogP contribution is -2.20. The zero-order valence-electron chi connectivity index (χ0n) is 14.0. The van der Waals surface area contributed by atoms with Crippen LogP contribution in [0.1, 0.15) is 5.56 Å². The second-order valence-electron chi connectivity index (χ2n) is 5.59. The van der Waals surface area contributed by atoms with Crippen LogP contribution in [0.4, 0.5) is 5.69 Å². The molecule has 0 bridgehead atoms. The molecule has 0 heterocycles. The Morgan fingerprint density at radius 3 is 2.35 bits per heavy atom. The zero-order valence-corrected chi connectivity index (χ0v) is 15.6. The number of hydrogen-bond acceptors (Lipinski definition) is 3. The van der Waals surface area contributed by atoms with Crippen molar-refractivity contribution in [2.75, 3.05) is 11.9 Å². The van der Waals surface area contributed by atoms with E-state index in [0.717, 1.165) is 15.8 Å². The fourth-order valence-corrected chi connectivity index (χ4v) is 2.66. The van der Waals surface area contributed by atoms with Crippen molar-refractivity contribution in [3.63, 3.8) is 0 Å². The molecular weight excluding hydrogens is 394 g/mol. The summed E-state index contributed by atoms with van der Waals surface area (Å²) in [5.41, 5.74) is 1.80. The maximum Gasteiger partial charge on any atom is 0.262 e. The fourth-order valence-electron chi connectivity index (χ4n) is 2.28. The third kappa shape index (κ3) is 5.63. The molecule has 0 unspecified atom stereocenters. The summed E-state index contributed by atoms with van der Waals surface area (Å²) in [4.78, 5) is 12.0. The Kier molecular flexibility index (Phi) is 6.28. The molecule has 3 aromatic rings. The van der Waals surface area contributed by atoms with Crippen molar-refractivity contribution in [1.29, 1.82) is 0 Å². The fraction of sp³-hybridized carbons (Fsp3) is 0.0952. The molecule has 0 radical (unpaired) electrons. The number of benzene rings is 3. The van der Waals surface area contributed by atoms with Gasteiger partial charge in [-0.15, -0.1) is 0 Å². The van der Waals surface area contributed by atoms with Crippen LogP contribution in [0.15, 0.2) is 83.3 Å². The molecule has 0 aromatic heterocycles. The highest BCUT2D eigenvalue weighted by atomic mass is 79.9. The average molecular weight is 412 g/mol. The maximum absolute atomic E-state index is 12.0. The summed E-state index contributed by atoms with van der Waals surface area (Å²) in [6.07, 6.45) is 0. The Morgan fingerprint density at radius 2 is 1.62 bits per heavy atom. The van der Waals surface area contributed by atoms with Gasteiger partial charge in [0.05, 0.1) is 0 Å². The molecule has 4 nitrogen and oxygen atoms in total. The first kappa shape index (κ1) is 18.0. The quantitative estimate of drug-likeness (QED) is 0.591. The molecule has 26 heavy (non-hydrogen) atoms. The molecule has 1 N–H and O–H groups in total. The van der Waals surface area contributed by atoms with Gasteiger partial charge in [-0.25, -0.2) is 0 Å². The van der Waals surface area contributed by atoms with Crippen LogP contribution in [0.3, 0.4) is 0 Å². The summed E-state index contributed by atoms with van der Waals surface area (Å²) in [5, 5.41) is 2.80. The average Bonchev–Trinajstić information content (AvgIpc) is 2.67. The van der Waals surface area contributed by atoms with E-state index in [-0.39, 0.29) is 12.5 Å². The molecule has 0 aliphatic carbocycles. The van der Waals surface area contributed by atoms with E-state index < -0.39 is 0 Å². The highest BCUT2D eigenvalue weighted by Crippen LogP contribution is 2.19. The van der Waals surface area contributed by atoms with Crippen LogP contribution in [0.2, 0.25) is 0 Å². The summed E-state index contributed by atoms with van der Waals surface area (Å²) in [6, 6.07) is 24.6. The second-order valence-corrected chi connectivity index (χ2v) is 6.51. The standard InChI is InChI=1S/C21H18BrNO3/c22-17-7-4-8-20(13-17)26-15-21(24)23-18-9-11-19(12-10-18)25-14-16-5-2-1-3-6-16/h1-13H,14-15H2,(H,23,24). The number of nitrogens with one attached hydrogen (secondary N) is 1. The van der Waals surface area contributed by atoms with Crippen molar-refractivity contribution < 1.29 is 14.3 Å². The SMILES string of the molecule is O=C(COc1cccc(Br)c1)Nc1ccc(OCc2ccccc2)cc1. The summed E-state index contributed by atoms with van der Waals surface area (Å²) in [7, 11) is 0. The molecule has 5 heteroatoms. The van der Waals surface area contributed by atoms with E-state index >= 15 is 0 Å². The molecule has 0 aliphatic rings. The van der Waals surface area contributed by atoms with Gasteiger partial charge in [0.15, 0.2) is 6.61 Å². The number of amides is 1. The van der Waals surface area contributed by atoms with Crippen LogP contribution in [-0.2, 0) is 11.4 Å². The monoisotopic (exact) mass is 411 g/mol. The number of carbonyl (C=O) groups excluding carboxylic acids is 1. The van der Waals surface area contributed by atoms with E-state index in [9.17, 15) is 4.79 Å². The van der Waals surface area contributed by atoms with E-state index in [0.29, 0.717) is 18.0 Å². The molecule has 3 aromatic carbocycles. The smallest absolute Gasteiger partial charge is 0.262 e. The van der Waals surface area contributed by atoms with Crippen LogP contribution in [0, 0.1) is 0 Å². The Labute approximate surface area is 160 Å². The molecule has 132 valence electrons. The molecule has 0 aliphatic heterocycles. The number of ether oxygens (including phenoxy) is 2. The third-order valence-electron chi connectivity index (χ3n) is 3.55. The molecule has 1 amide bonds. The summed E-state index contributed by atoms with van der Waals surface area (Å²) >= 11 is 3.36. The predicted octanol–water partition coefficient (Wildman–Crippen LogP) is 5.05. The van der Waals surface area contributed by atoms with Crippen molar-refractivity contribution >= 4 is 27.5 Å².